The molecule has 0 N–H and O–H groups in total. The first-order chi connectivity index (χ1) is 10.5. The zero-order valence-corrected chi connectivity index (χ0v) is 11.1. The molecule has 0 aromatic heterocycles. The Hall–Kier alpha value is -3.02. The van der Waals surface area contributed by atoms with Gasteiger partial charge in [0.25, 0.3) is 0 Å². The van der Waals surface area contributed by atoms with E-state index in [0.29, 0.717) is 5.56 Å². The number of cyclic esters (lactones) is 4. The molecular weight excluding hydrogens is 288 g/mol. The highest BCUT2D eigenvalue weighted by Gasteiger charge is 2.83. The van der Waals surface area contributed by atoms with Crippen LogP contribution in [0.5, 0.6) is 0 Å². The summed E-state index contributed by atoms with van der Waals surface area (Å²) in [5.41, 5.74) is -3.38. The summed E-state index contributed by atoms with van der Waals surface area (Å²) in [6.07, 6.45) is 4.19. The molecule has 108 valence electrons. The number of ether oxygens (including phenoxy) is 2. The zero-order chi connectivity index (χ0) is 15.5. The molecule has 22 heavy (non-hydrogen) atoms. The Morgan fingerprint density at radius 1 is 0.773 bits per heavy atom. The Bertz CT molecular complexity index is 784. The topological polar surface area (TPSA) is 86.7 Å². The van der Waals surface area contributed by atoms with E-state index in [2.05, 4.69) is 9.47 Å². The minimum Gasteiger partial charge on any atom is -0.391 e. The van der Waals surface area contributed by atoms with Crippen molar-refractivity contribution in [3.8, 4) is 0 Å². The van der Waals surface area contributed by atoms with Crippen molar-refractivity contribution in [1.82, 2.24) is 0 Å². The first-order valence-corrected chi connectivity index (χ1v) is 6.54. The molecule has 2 heterocycles. The molecule has 0 radical (unpaired) electrons. The Morgan fingerprint density at radius 3 is 1.95 bits per heavy atom. The molecule has 1 aliphatic carbocycles. The van der Waals surface area contributed by atoms with Gasteiger partial charge in [-0.2, -0.15) is 0 Å². The van der Waals surface area contributed by atoms with E-state index in [1.54, 1.807) is 30.3 Å². The molecule has 3 aliphatic rings. The van der Waals surface area contributed by atoms with E-state index in [0.717, 1.165) is 0 Å². The Labute approximate surface area is 124 Å². The Morgan fingerprint density at radius 2 is 1.36 bits per heavy atom. The summed E-state index contributed by atoms with van der Waals surface area (Å²) in [6, 6.07) is 8.56. The van der Waals surface area contributed by atoms with E-state index >= 15 is 0 Å². The average molecular weight is 296 g/mol. The third-order valence-corrected chi connectivity index (χ3v) is 4.32. The predicted molar refractivity (Wildman–Crippen MR) is 70.6 cm³/mol. The van der Waals surface area contributed by atoms with Crippen molar-refractivity contribution in [3.05, 3.63) is 54.1 Å². The first-order valence-electron chi connectivity index (χ1n) is 6.54. The van der Waals surface area contributed by atoms with Crippen LogP contribution in [0.4, 0.5) is 0 Å². The van der Waals surface area contributed by atoms with Gasteiger partial charge in [0.05, 0.1) is 0 Å². The van der Waals surface area contributed by atoms with Crippen LogP contribution in [0.25, 0.3) is 5.57 Å². The summed E-state index contributed by atoms with van der Waals surface area (Å²) in [4.78, 5) is 49.1. The van der Waals surface area contributed by atoms with E-state index in [1.165, 1.54) is 18.2 Å². The van der Waals surface area contributed by atoms with Crippen LogP contribution in [0, 0.1) is 10.8 Å². The highest BCUT2D eigenvalue weighted by molar-refractivity contribution is 6.34. The van der Waals surface area contributed by atoms with E-state index in [-0.39, 0.29) is 5.57 Å². The summed E-state index contributed by atoms with van der Waals surface area (Å²) in [6.45, 7) is 0. The van der Waals surface area contributed by atoms with Gasteiger partial charge in [-0.25, -0.2) is 19.2 Å². The molecule has 0 unspecified atom stereocenters. The van der Waals surface area contributed by atoms with Crippen LogP contribution in [-0.2, 0) is 28.7 Å². The van der Waals surface area contributed by atoms with Crippen LogP contribution in [0.3, 0.4) is 0 Å². The maximum absolute atomic E-state index is 12.4. The second-order valence-corrected chi connectivity index (χ2v) is 5.22. The maximum Gasteiger partial charge on any atom is 0.337 e. The van der Waals surface area contributed by atoms with Crippen LogP contribution in [0.2, 0.25) is 0 Å². The quantitative estimate of drug-likeness (QED) is 0.562. The lowest BCUT2D eigenvalue weighted by molar-refractivity contribution is -0.165. The monoisotopic (exact) mass is 296 g/mol. The molecule has 0 bridgehead atoms. The lowest BCUT2D eigenvalue weighted by Gasteiger charge is -2.30. The third-order valence-electron chi connectivity index (χ3n) is 4.32. The molecule has 0 amide bonds. The van der Waals surface area contributed by atoms with Crippen molar-refractivity contribution in [3.63, 3.8) is 0 Å². The zero-order valence-electron chi connectivity index (χ0n) is 11.1. The second-order valence-electron chi connectivity index (χ2n) is 5.22. The Balaban J connectivity index is 2.08. The largest absolute Gasteiger partial charge is 0.391 e. The summed E-state index contributed by atoms with van der Waals surface area (Å²) in [7, 11) is 0. The summed E-state index contributed by atoms with van der Waals surface area (Å²) in [5, 5.41) is 0. The number of hydrogen-bond acceptors (Lipinski definition) is 6. The molecule has 2 saturated heterocycles. The van der Waals surface area contributed by atoms with Crippen molar-refractivity contribution in [2.24, 2.45) is 10.8 Å². The molecule has 6 nitrogen and oxygen atoms in total. The standard InChI is InChI=1S/C16H8O6/c17-11-15-8-4-7-10(9-5-2-1-3-6-9)16(15,13(19)21-11)14(20)22-12(15)18/h1-8H. The van der Waals surface area contributed by atoms with Gasteiger partial charge >= 0.3 is 23.9 Å². The summed E-state index contributed by atoms with van der Waals surface area (Å²) < 4.78 is 9.32. The molecule has 1 aromatic rings. The van der Waals surface area contributed by atoms with Gasteiger partial charge in [-0.15, -0.1) is 0 Å². The third kappa shape index (κ3) is 1.09. The fraction of sp³-hybridized carbons (Fsp3) is 0.125. The normalized spacial score (nSPS) is 32.3. The van der Waals surface area contributed by atoms with Gasteiger partial charge in [0.15, 0.2) is 0 Å². The molecule has 0 spiro atoms. The Kier molecular flexibility index (Phi) is 2.19. The van der Waals surface area contributed by atoms with Crippen LogP contribution in [0.15, 0.2) is 48.6 Å². The molecule has 0 atom stereocenters. The van der Waals surface area contributed by atoms with Crippen molar-refractivity contribution >= 4 is 29.5 Å². The van der Waals surface area contributed by atoms with Gasteiger partial charge in [-0.05, 0) is 11.1 Å². The lowest BCUT2D eigenvalue weighted by atomic mass is 9.59. The molecule has 2 fully saturated rings. The second kappa shape index (κ2) is 3.79. The average Bonchev–Trinajstić information content (AvgIpc) is 2.91. The van der Waals surface area contributed by atoms with Crippen LogP contribution in [0.1, 0.15) is 5.56 Å². The van der Waals surface area contributed by atoms with E-state index in [9.17, 15) is 19.2 Å². The molecule has 0 saturated carbocycles. The molecular formula is C16H8O6. The fourth-order valence-corrected chi connectivity index (χ4v) is 3.31. The molecule has 6 heteroatoms. The van der Waals surface area contributed by atoms with Gasteiger partial charge in [0.2, 0.25) is 10.8 Å². The maximum atomic E-state index is 12.4. The number of rotatable bonds is 1. The predicted octanol–water partition coefficient (Wildman–Crippen LogP) is 0.779. The highest BCUT2D eigenvalue weighted by atomic mass is 16.6. The van der Waals surface area contributed by atoms with Crippen molar-refractivity contribution < 1.29 is 28.7 Å². The van der Waals surface area contributed by atoms with E-state index < -0.39 is 34.7 Å². The van der Waals surface area contributed by atoms with Crippen LogP contribution < -0.4 is 0 Å². The molecule has 2 aliphatic heterocycles. The summed E-state index contributed by atoms with van der Waals surface area (Å²) >= 11 is 0. The SMILES string of the molecule is O=C1OC(=O)C23C(=O)OC(=O)C12C=CC=C3c1ccccc1. The number of benzene rings is 1. The van der Waals surface area contributed by atoms with Gasteiger partial charge in [0, 0.05) is 0 Å². The number of hydrogen-bond donors (Lipinski definition) is 0. The number of esters is 4. The number of carbonyl (C=O) groups excluding carboxylic acids is 4. The van der Waals surface area contributed by atoms with E-state index in [4.69, 9.17) is 0 Å². The smallest absolute Gasteiger partial charge is 0.337 e. The summed E-state index contributed by atoms with van der Waals surface area (Å²) in [5.74, 6) is -4.31. The van der Waals surface area contributed by atoms with Gasteiger partial charge < -0.3 is 9.47 Å². The van der Waals surface area contributed by atoms with Crippen molar-refractivity contribution in [2.45, 2.75) is 0 Å². The van der Waals surface area contributed by atoms with Gasteiger partial charge in [-0.1, -0.05) is 48.6 Å². The van der Waals surface area contributed by atoms with Crippen LogP contribution in [-0.4, -0.2) is 23.9 Å². The number of allylic oxidation sites excluding steroid dienone is 2. The lowest BCUT2D eigenvalue weighted by Crippen LogP contribution is -2.48. The minimum absolute atomic E-state index is 0.224. The van der Waals surface area contributed by atoms with Crippen molar-refractivity contribution in [1.29, 1.82) is 0 Å². The van der Waals surface area contributed by atoms with Gasteiger partial charge in [0.1, 0.15) is 0 Å². The van der Waals surface area contributed by atoms with Crippen molar-refractivity contribution in [2.75, 3.05) is 0 Å². The number of carbonyl (C=O) groups is 4. The van der Waals surface area contributed by atoms with E-state index in [1.807, 2.05) is 0 Å². The van der Waals surface area contributed by atoms with Crippen LogP contribution >= 0.6 is 0 Å². The molecule has 1 aromatic carbocycles. The molecule has 4 rings (SSSR count). The minimum atomic E-state index is -2.09. The van der Waals surface area contributed by atoms with Gasteiger partial charge in [-0.3, -0.25) is 0 Å². The highest BCUT2D eigenvalue weighted by Crippen LogP contribution is 2.62. The first kappa shape index (κ1) is 12.7. The fourth-order valence-electron chi connectivity index (χ4n) is 3.31.